The van der Waals surface area contributed by atoms with E-state index in [2.05, 4.69) is 0 Å². The normalized spacial score (nSPS) is 11.8. The molecule has 0 fully saturated rings. The lowest BCUT2D eigenvalue weighted by atomic mass is 9.55. The lowest BCUT2D eigenvalue weighted by molar-refractivity contribution is 0.675. The second-order valence-corrected chi connectivity index (χ2v) is 16.8. The Balaban J connectivity index is 1.56. The number of furan rings is 1. The zero-order valence-corrected chi connectivity index (χ0v) is 36.4. The molecular formula is C42B26O. The van der Waals surface area contributed by atoms with Gasteiger partial charge >= 0.3 is 0 Å². The summed E-state index contributed by atoms with van der Waals surface area (Å²) < 4.78 is 6.16. The Morgan fingerprint density at radius 3 is 0.667 bits per heavy atom. The third kappa shape index (κ3) is 6.41. The Labute approximate surface area is 435 Å². The van der Waals surface area contributed by atoms with E-state index in [1.807, 2.05) is 0 Å². The molecule has 1 heterocycles. The molecule has 0 N–H and O–H groups in total. The summed E-state index contributed by atoms with van der Waals surface area (Å²) in [5.41, 5.74) is -4.01. The minimum absolute atomic E-state index is 0.00366. The Bertz CT molecular complexity index is 3850. The van der Waals surface area contributed by atoms with E-state index in [9.17, 15) is 0 Å². The quantitative estimate of drug-likeness (QED) is 0.128. The molecule has 27 heteroatoms. The van der Waals surface area contributed by atoms with E-state index in [-0.39, 0.29) is 230 Å². The fraction of sp³-hybridized carbons (Fsp3) is 0. The molecule has 9 rings (SSSR count). The van der Waals surface area contributed by atoms with Gasteiger partial charge in [-0.3, -0.25) is 0 Å². The van der Waals surface area contributed by atoms with Gasteiger partial charge in [0.2, 0.25) is 0 Å². The summed E-state index contributed by atoms with van der Waals surface area (Å²) in [7, 11) is 175. The van der Waals surface area contributed by atoms with E-state index >= 15 is 0 Å². The van der Waals surface area contributed by atoms with E-state index in [1.54, 1.807) is 0 Å². The molecule has 252 valence electrons. The maximum Gasteiger partial charge on any atom is 0.127 e. The summed E-state index contributed by atoms with van der Waals surface area (Å²) in [6.07, 6.45) is 0. The zero-order valence-electron chi connectivity index (χ0n) is 36.4. The number of fused-ring (bicyclic) bond motifs is 6. The predicted molar refractivity (Wildman–Crippen MR) is 323 cm³/mol. The molecule has 0 saturated heterocycles. The molecule has 69 heavy (non-hydrogen) atoms. The summed E-state index contributed by atoms with van der Waals surface area (Å²) in [5, 5.41) is 0.410. The molecule has 0 bridgehead atoms. The van der Waals surface area contributed by atoms with Crippen LogP contribution in [0.4, 0.5) is 0 Å². The molecule has 0 unspecified atom stereocenters. The molecule has 0 aliphatic heterocycles. The molecule has 1 nitrogen and oxygen atoms in total. The largest absolute Gasteiger partial charge is 0.457 e. The third-order valence-corrected chi connectivity index (χ3v) is 13.4. The molecule has 8 aromatic carbocycles. The highest BCUT2D eigenvalue weighted by Gasteiger charge is 2.31. The first-order valence-corrected chi connectivity index (χ1v) is 20.2. The van der Waals surface area contributed by atoms with Gasteiger partial charge in [0.15, 0.2) is 0 Å². The van der Waals surface area contributed by atoms with E-state index in [0.29, 0.717) is 0 Å². The van der Waals surface area contributed by atoms with Gasteiger partial charge in [0, 0.05) is 10.8 Å². The number of rotatable bonds is 3. The van der Waals surface area contributed by atoms with Gasteiger partial charge in [-0.25, -0.2) is 0 Å². The SMILES string of the molecule is [B]c1c([B])c(-c2c3c([B])c([B])c([B])c([B])c3c(-c3c([B])c([B])c4oc5c([B])c([B])c([B])c([B])c5c4c3[B])c3c([B])c([B])c([B])c([B])c23)c([B])c([B])c1-c1c([B])c([B])c([B])c2c([B])c([B])c([B])c([B])c12. The Morgan fingerprint density at radius 1 is 0.130 bits per heavy atom. The molecular weight excluding hydrogens is 802 g/mol. The van der Waals surface area contributed by atoms with Crippen LogP contribution in [0.3, 0.4) is 0 Å². The molecule has 52 radical (unpaired) electrons. The first kappa shape index (κ1) is 50.0. The van der Waals surface area contributed by atoms with Crippen LogP contribution in [0.1, 0.15) is 0 Å². The minimum Gasteiger partial charge on any atom is -0.457 e. The minimum atomic E-state index is -0.258. The summed E-state index contributed by atoms with van der Waals surface area (Å²) in [5.74, 6) is 0. The standard InChI is InChI=1S/C42B26O/c43-15-9(28(56)39(67)41-13(15)14-29(57)37(65)38(66)40(68)42(14)69-41)1-3-5(18(46)33(61)31(59)16(3)44)2(6-4(1)17(45)32(60)34(62)19(6)47)10-22(50)24(52)11(25(53)23(10)51)7-8-12(26(54)30(58)20(7)48)27(55)36(64)35(63)21(8)49. The molecule has 0 spiro atoms. The smallest absolute Gasteiger partial charge is 0.127 e. The van der Waals surface area contributed by atoms with Crippen LogP contribution >= 0.6 is 0 Å². The second-order valence-electron chi connectivity index (χ2n) is 16.8. The Morgan fingerprint density at radius 2 is 0.319 bits per heavy atom. The van der Waals surface area contributed by atoms with Crippen LogP contribution in [0.5, 0.6) is 0 Å². The first-order valence-electron chi connectivity index (χ1n) is 20.2. The van der Waals surface area contributed by atoms with Gasteiger partial charge in [0.1, 0.15) is 215 Å². The second kappa shape index (κ2) is 16.8. The van der Waals surface area contributed by atoms with Crippen molar-refractivity contribution in [2.45, 2.75) is 0 Å². The summed E-state index contributed by atoms with van der Waals surface area (Å²) in [6.45, 7) is 0. The average molecular weight is 802 g/mol. The highest BCUT2D eigenvalue weighted by Crippen LogP contribution is 2.40. The van der Waals surface area contributed by atoms with Crippen LogP contribution in [-0.2, 0) is 0 Å². The molecule has 0 aliphatic carbocycles. The van der Waals surface area contributed by atoms with Crippen LogP contribution in [0, 0.1) is 0 Å². The van der Waals surface area contributed by atoms with Crippen molar-refractivity contribution in [2.24, 2.45) is 0 Å². The van der Waals surface area contributed by atoms with Crippen molar-refractivity contribution in [3.8, 4) is 33.4 Å². The van der Waals surface area contributed by atoms with Gasteiger partial charge < -0.3 is 4.42 Å². The highest BCUT2D eigenvalue weighted by atomic mass is 16.3. The topological polar surface area (TPSA) is 13.1 Å². The van der Waals surface area contributed by atoms with Crippen molar-refractivity contribution in [3.63, 3.8) is 0 Å². The van der Waals surface area contributed by atoms with E-state index in [4.69, 9.17) is 208 Å². The van der Waals surface area contributed by atoms with Crippen molar-refractivity contribution >= 4 is 400 Å². The van der Waals surface area contributed by atoms with Gasteiger partial charge in [-0.05, 0) is 65.7 Å². The van der Waals surface area contributed by atoms with E-state index in [1.165, 1.54) is 0 Å². The fourth-order valence-electron chi connectivity index (χ4n) is 9.66. The monoisotopic (exact) mass is 806 g/mol. The molecule has 1 aromatic heterocycles. The average Bonchev–Trinajstić information content (AvgIpc) is 3.73. The lowest BCUT2D eigenvalue weighted by Gasteiger charge is -2.33. The molecule has 9 aromatic rings. The van der Waals surface area contributed by atoms with Crippen LogP contribution < -0.4 is 142 Å². The number of hydrogen-bond acceptors (Lipinski definition) is 1. The molecule has 0 atom stereocenters. The highest BCUT2D eigenvalue weighted by molar-refractivity contribution is 6.77. The molecule has 0 aliphatic rings. The maximum atomic E-state index is 7.20. The lowest BCUT2D eigenvalue weighted by Crippen LogP contribution is -2.53. The third-order valence-electron chi connectivity index (χ3n) is 13.4. The number of benzene rings is 8. The first-order chi connectivity index (χ1) is 32.2. The molecule has 0 amide bonds. The van der Waals surface area contributed by atoms with Crippen LogP contribution in [0.15, 0.2) is 4.42 Å². The zero-order chi connectivity index (χ0) is 51.0. The van der Waals surface area contributed by atoms with Crippen molar-refractivity contribution in [3.05, 3.63) is 0 Å². The van der Waals surface area contributed by atoms with Gasteiger partial charge in [-0.2, -0.15) is 0 Å². The number of hydrogen-bond donors (Lipinski definition) is 0. The maximum absolute atomic E-state index is 7.20. The molecule has 0 saturated carbocycles. The Kier molecular flexibility index (Phi) is 12.2. The van der Waals surface area contributed by atoms with Gasteiger partial charge in [0.05, 0.1) is 0 Å². The van der Waals surface area contributed by atoms with Gasteiger partial charge in [0.25, 0.3) is 0 Å². The summed E-state index contributed by atoms with van der Waals surface area (Å²) in [4.78, 5) is 0. The van der Waals surface area contributed by atoms with Crippen molar-refractivity contribution < 1.29 is 4.42 Å². The van der Waals surface area contributed by atoms with E-state index < -0.39 is 0 Å². The van der Waals surface area contributed by atoms with Crippen LogP contribution in [0.2, 0.25) is 0 Å². The summed E-state index contributed by atoms with van der Waals surface area (Å²) >= 11 is 0. The fourth-order valence-corrected chi connectivity index (χ4v) is 9.66. The van der Waals surface area contributed by atoms with E-state index in [0.717, 1.165) is 0 Å². The van der Waals surface area contributed by atoms with Crippen LogP contribution in [0.25, 0.3) is 87.6 Å². The van der Waals surface area contributed by atoms with Crippen molar-refractivity contribution in [2.75, 3.05) is 0 Å². The summed E-state index contributed by atoms with van der Waals surface area (Å²) in [6, 6.07) is 0. The predicted octanol–water partition coefficient (Wildman–Crippen LogP) is -19.3. The van der Waals surface area contributed by atoms with Crippen molar-refractivity contribution in [1.82, 2.24) is 0 Å². The van der Waals surface area contributed by atoms with Gasteiger partial charge in [-0.1, -0.05) is 92.9 Å². The van der Waals surface area contributed by atoms with Crippen LogP contribution in [-0.4, -0.2) is 204 Å². The Hall–Kier alpha value is -3.97. The van der Waals surface area contributed by atoms with Crippen molar-refractivity contribution in [1.29, 1.82) is 0 Å². The van der Waals surface area contributed by atoms with Gasteiger partial charge in [-0.15, -0.1) is 49.2 Å².